The number of hydrogen-bond donors (Lipinski definition) is 0. The van der Waals surface area contributed by atoms with Gasteiger partial charge in [-0.3, -0.25) is 9.36 Å². The van der Waals surface area contributed by atoms with Gasteiger partial charge in [0.15, 0.2) is 5.82 Å². The van der Waals surface area contributed by atoms with Crippen molar-refractivity contribution in [3.63, 3.8) is 0 Å². The molecule has 0 saturated heterocycles. The van der Waals surface area contributed by atoms with Crippen LogP contribution < -0.4 is 10.3 Å². The lowest BCUT2D eigenvalue weighted by Crippen LogP contribution is -2.24. The summed E-state index contributed by atoms with van der Waals surface area (Å²) < 4.78 is 8.92. The molecule has 3 rings (SSSR count). The maximum Gasteiger partial charge on any atom is 0.278 e. The van der Waals surface area contributed by atoms with E-state index >= 15 is 0 Å². The van der Waals surface area contributed by atoms with Crippen molar-refractivity contribution in [1.29, 1.82) is 0 Å². The normalized spacial score (nSPS) is 11.6. The molecular formula is C22H29N3O2. The van der Waals surface area contributed by atoms with Gasteiger partial charge in [-0.1, -0.05) is 13.8 Å². The number of nitrogens with zero attached hydrogens (tertiary/aromatic N) is 3. The van der Waals surface area contributed by atoms with Gasteiger partial charge in [0.05, 0.1) is 7.11 Å². The number of hydrogen-bond acceptors (Lipinski definition) is 3. The van der Waals surface area contributed by atoms with Crippen LogP contribution in [0.25, 0.3) is 16.9 Å². The van der Waals surface area contributed by atoms with E-state index in [0.29, 0.717) is 17.3 Å². The molecule has 0 spiro atoms. The molecule has 0 aliphatic heterocycles. The van der Waals surface area contributed by atoms with Crippen molar-refractivity contribution in [2.75, 3.05) is 7.11 Å². The fraction of sp³-hybridized carbons (Fsp3) is 0.455. The van der Waals surface area contributed by atoms with Gasteiger partial charge in [-0.15, -0.1) is 5.10 Å². The predicted molar refractivity (Wildman–Crippen MR) is 110 cm³/mol. The van der Waals surface area contributed by atoms with Crippen molar-refractivity contribution < 1.29 is 4.74 Å². The predicted octanol–water partition coefficient (Wildman–Crippen LogP) is 4.54. The van der Waals surface area contributed by atoms with E-state index in [1.54, 1.807) is 11.7 Å². The molecule has 0 amide bonds. The fourth-order valence-electron chi connectivity index (χ4n) is 3.94. The van der Waals surface area contributed by atoms with Crippen molar-refractivity contribution in [2.24, 2.45) is 7.05 Å². The highest BCUT2D eigenvalue weighted by Crippen LogP contribution is 2.31. The van der Waals surface area contributed by atoms with E-state index in [4.69, 9.17) is 9.84 Å². The van der Waals surface area contributed by atoms with Gasteiger partial charge in [-0.05, 0) is 74.4 Å². The van der Waals surface area contributed by atoms with E-state index < -0.39 is 0 Å². The number of aromatic nitrogens is 3. The number of aryl methyl sites for hydroxylation is 3. The summed E-state index contributed by atoms with van der Waals surface area (Å²) in [6.07, 6.45) is 2.02. The zero-order valence-corrected chi connectivity index (χ0v) is 17.4. The first-order chi connectivity index (χ1) is 12.8. The Morgan fingerprint density at radius 3 is 2.33 bits per heavy atom. The number of benzene rings is 1. The maximum absolute atomic E-state index is 13.3. The van der Waals surface area contributed by atoms with Gasteiger partial charge >= 0.3 is 0 Å². The fourth-order valence-corrected chi connectivity index (χ4v) is 3.94. The largest absolute Gasteiger partial charge is 0.496 e. The average Bonchev–Trinajstić information content (AvgIpc) is 2.97. The molecule has 0 aliphatic rings. The zero-order valence-electron chi connectivity index (χ0n) is 17.4. The van der Waals surface area contributed by atoms with Crippen LogP contribution in [0.3, 0.4) is 0 Å². The molecule has 0 bridgehead atoms. The van der Waals surface area contributed by atoms with E-state index in [1.807, 2.05) is 44.5 Å². The van der Waals surface area contributed by atoms with Crippen molar-refractivity contribution in [1.82, 2.24) is 14.2 Å². The second-order valence-corrected chi connectivity index (χ2v) is 7.34. The van der Waals surface area contributed by atoms with E-state index in [9.17, 15) is 4.79 Å². The quantitative estimate of drug-likeness (QED) is 0.665. The van der Waals surface area contributed by atoms with Crippen LogP contribution in [-0.4, -0.2) is 21.3 Å². The first-order valence-corrected chi connectivity index (χ1v) is 9.58. The van der Waals surface area contributed by atoms with Crippen LogP contribution in [0, 0.1) is 20.8 Å². The zero-order chi connectivity index (χ0) is 19.9. The van der Waals surface area contributed by atoms with Gasteiger partial charge in [0.1, 0.15) is 11.3 Å². The molecule has 0 aliphatic carbocycles. The van der Waals surface area contributed by atoms with Gasteiger partial charge in [-0.2, -0.15) is 0 Å². The number of rotatable bonds is 5. The molecule has 0 unspecified atom stereocenters. The average molecular weight is 367 g/mol. The molecule has 0 atom stereocenters. The van der Waals surface area contributed by atoms with Crippen LogP contribution in [0.1, 0.15) is 55.0 Å². The highest BCUT2D eigenvalue weighted by atomic mass is 16.5. The van der Waals surface area contributed by atoms with Crippen LogP contribution >= 0.6 is 0 Å². The molecule has 0 radical (unpaired) electrons. The molecule has 5 nitrogen and oxygen atoms in total. The second kappa shape index (κ2) is 7.22. The Bertz CT molecular complexity index is 1060. The Labute approximate surface area is 160 Å². The van der Waals surface area contributed by atoms with E-state index in [-0.39, 0.29) is 5.56 Å². The summed E-state index contributed by atoms with van der Waals surface area (Å²) in [6, 6.07) is 6.17. The van der Waals surface area contributed by atoms with Crippen LogP contribution in [0.5, 0.6) is 5.75 Å². The third-order valence-electron chi connectivity index (χ3n) is 5.61. The Morgan fingerprint density at radius 2 is 1.74 bits per heavy atom. The molecule has 144 valence electrons. The summed E-state index contributed by atoms with van der Waals surface area (Å²) in [7, 11) is 3.48. The Kier molecular flexibility index (Phi) is 5.13. The third-order valence-corrected chi connectivity index (χ3v) is 5.61. The molecule has 0 N–H and O–H groups in total. The first-order valence-electron chi connectivity index (χ1n) is 9.58. The number of ether oxygens (including phenoxy) is 1. The van der Waals surface area contributed by atoms with E-state index in [1.165, 1.54) is 0 Å². The molecule has 5 heteroatoms. The summed E-state index contributed by atoms with van der Waals surface area (Å²) in [5.74, 6) is 1.89. The van der Waals surface area contributed by atoms with Gasteiger partial charge in [-0.25, -0.2) is 4.52 Å². The van der Waals surface area contributed by atoms with Crippen LogP contribution in [0.2, 0.25) is 0 Å². The van der Waals surface area contributed by atoms with Crippen molar-refractivity contribution in [3.8, 4) is 17.1 Å². The van der Waals surface area contributed by atoms with Crippen LogP contribution in [0.4, 0.5) is 0 Å². The Hall–Kier alpha value is -2.56. The standard InChI is InChI=1S/C22H29N3O2/c1-8-16(9-2)18-12-15(5)25-20(18)22(26)24(6)21(23-25)17-10-14(4)19(27-7)11-13(17)3/h10-12,16H,8-9H2,1-7H3. The summed E-state index contributed by atoms with van der Waals surface area (Å²) in [5.41, 5.74) is 5.82. The van der Waals surface area contributed by atoms with Crippen molar-refractivity contribution in [3.05, 3.63) is 50.9 Å². The molecular weight excluding hydrogens is 338 g/mol. The molecule has 2 heterocycles. The van der Waals surface area contributed by atoms with Gasteiger partial charge < -0.3 is 4.74 Å². The first kappa shape index (κ1) is 19.2. The highest BCUT2D eigenvalue weighted by molar-refractivity contribution is 5.66. The third kappa shape index (κ3) is 3.05. The highest BCUT2D eigenvalue weighted by Gasteiger charge is 2.21. The summed E-state index contributed by atoms with van der Waals surface area (Å²) in [6.45, 7) is 10.4. The van der Waals surface area contributed by atoms with Gasteiger partial charge in [0, 0.05) is 18.3 Å². The van der Waals surface area contributed by atoms with E-state index in [0.717, 1.165) is 46.5 Å². The van der Waals surface area contributed by atoms with Gasteiger partial charge in [0.2, 0.25) is 0 Å². The summed E-state index contributed by atoms with van der Waals surface area (Å²) in [5, 5.41) is 4.87. The Balaban J connectivity index is 2.32. The minimum Gasteiger partial charge on any atom is -0.496 e. The molecule has 1 aromatic carbocycles. The van der Waals surface area contributed by atoms with Crippen LogP contribution in [0.15, 0.2) is 23.0 Å². The number of fused-ring (bicyclic) bond motifs is 1. The maximum atomic E-state index is 13.3. The monoisotopic (exact) mass is 367 g/mol. The molecule has 3 aromatic rings. The smallest absolute Gasteiger partial charge is 0.278 e. The molecule has 0 fully saturated rings. The minimum absolute atomic E-state index is 0.00266. The minimum atomic E-state index is 0.00266. The summed E-state index contributed by atoms with van der Waals surface area (Å²) in [4.78, 5) is 13.3. The van der Waals surface area contributed by atoms with Crippen LogP contribution in [-0.2, 0) is 7.05 Å². The van der Waals surface area contributed by atoms with Crippen molar-refractivity contribution in [2.45, 2.75) is 53.4 Å². The van der Waals surface area contributed by atoms with Crippen molar-refractivity contribution >= 4 is 5.52 Å². The lowest BCUT2D eigenvalue weighted by Gasteiger charge is -2.15. The summed E-state index contributed by atoms with van der Waals surface area (Å²) >= 11 is 0. The van der Waals surface area contributed by atoms with Gasteiger partial charge in [0.25, 0.3) is 5.56 Å². The molecule has 2 aromatic heterocycles. The lowest BCUT2D eigenvalue weighted by molar-refractivity contribution is 0.411. The molecule has 0 saturated carbocycles. The Morgan fingerprint density at radius 1 is 1.07 bits per heavy atom. The van der Waals surface area contributed by atoms with E-state index in [2.05, 4.69) is 19.9 Å². The lowest BCUT2D eigenvalue weighted by atomic mass is 9.95. The number of methoxy groups -OCH3 is 1. The second-order valence-electron chi connectivity index (χ2n) is 7.34. The SMILES string of the molecule is CCC(CC)c1cc(C)n2nc(-c3cc(C)c(OC)cc3C)n(C)c(=O)c12. The topological polar surface area (TPSA) is 48.5 Å². The molecule has 27 heavy (non-hydrogen) atoms.